The molecule has 2 aliphatic rings. The fourth-order valence-corrected chi connectivity index (χ4v) is 6.06. The van der Waals surface area contributed by atoms with Crippen molar-refractivity contribution in [1.29, 1.82) is 0 Å². The fraction of sp³-hybridized carbons (Fsp3) is 0.522. The number of fused-ring (bicyclic) bond motifs is 3. The molecule has 0 saturated heterocycles. The predicted molar refractivity (Wildman–Crippen MR) is 124 cm³/mol. The Morgan fingerprint density at radius 3 is 2.72 bits per heavy atom. The summed E-state index contributed by atoms with van der Waals surface area (Å²) in [5.41, 5.74) is 3.20. The quantitative estimate of drug-likeness (QED) is 0.539. The zero-order valence-corrected chi connectivity index (χ0v) is 19.6. The summed E-state index contributed by atoms with van der Waals surface area (Å²) < 4.78 is 31.7. The van der Waals surface area contributed by atoms with Crippen molar-refractivity contribution in [1.82, 2.24) is 24.5 Å². The predicted octanol–water partition coefficient (Wildman–Crippen LogP) is 3.61. The summed E-state index contributed by atoms with van der Waals surface area (Å²) in [6.07, 6.45) is 7.60. The van der Waals surface area contributed by atoms with Crippen molar-refractivity contribution in [3.63, 3.8) is 0 Å². The summed E-state index contributed by atoms with van der Waals surface area (Å²) in [7, 11) is -3.67. The lowest BCUT2D eigenvalue weighted by Crippen LogP contribution is -2.28. The molecule has 1 saturated carbocycles. The lowest BCUT2D eigenvalue weighted by molar-refractivity contribution is 0.560. The van der Waals surface area contributed by atoms with Gasteiger partial charge >= 0.3 is 0 Å². The van der Waals surface area contributed by atoms with Crippen molar-refractivity contribution < 1.29 is 8.42 Å². The molecule has 8 nitrogen and oxygen atoms in total. The van der Waals surface area contributed by atoms with Crippen LogP contribution in [-0.2, 0) is 16.4 Å². The Balaban J connectivity index is 1.68. The minimum absolute atomic E-state index is 0.0133. The zero-order valence-electron chi connectivity index (χ0n) is 18.8. The molecule has 2 aromatic heterocycles. The Morgan fingerprint density at radius 1 is 1.19 bits per heavy atom. The Morgan fingerprint density at radius 2 is 2.00 bits per heavy atom. The van der Waals surface area contributed by atoms with E-state index in [0.29, 0.717) is 23.3 Å². The highest BCUT2D eigenvalue weighted by Gasteiger charge is 2.32. The molecule has 0 unspecified atom stereocenters. The molecular weight excluding hydrogens is 424 g/mol. The first-order valence-corrected chi connectivity index (χ1v) is 13.0. The maximum Gasteiger partial charge on any atom is 0.241 e. The van der Waals surface area contributed by atoms with E-state index in [1.165, 1.54) is 5.56 Å². The molecule has 0 spiro atoms. The third-order valence-corrected chi connectivity index (χ3v) is 7.85. The number of nitrogens with zero attached hydrogens (tertiary/aromatic N) is 4. The Labute approximate surface area is 188 Å². The van der Waals surface area contributed by atoms with E-state index < -0.39 is 10.0 Å². The van der Waals surface area contributed by atoms with Crippen LogP contribution in [0.3, 0.4) is 0 Å². The van der Waals surface area contributed by atoms with E-state index in [0.717, 1.165) is 54.3 Å². The van der Waals surface area contributed by atoms with E-state index in [4.69, 9.17) is 4.98 Å². The molecule has 2 N–H and O–H groups in total. The number of benzene rings is 1. The van der Waals surface area contributed by atoms with Gasteiger partial charge in [-0.3, -0.25) is 9.55 Å². The number of anilines is 1. The van der Waals surface area contributed by atoms with Gasteiger partial charge in [-0.15, -0.1) is 10.2 Å². The van der Waals surface area contributed by atoms with Gasteiger partial charge in [0.2, 0.25) is 16.0 Å². The first-order chi connectivity index (χ1) is 15.4. The summed E-state index contributed by atoms with van der Waals surface area (Å²) in [5, 5.41) is 13.3. The van der Waals surface area contributed by atoms with Crippen molar-refractivity contribution in [2.45, 2.75) is 63.3 Å². The molecule has 2 heterocycles. The summed E-state index contributed by atoms with van der Waals surface area (Å²) in [4.78, 5) is 5.07. The van der Waals surface area contributed by atoms with Gasteiger partial charge in [-0.2, -0.15) is 0 Å². The Hall–Kier alpha value is -2.52. The van der Waals surface area contributed by atoms with E-state index in [2.05, 4.69) is 20.2 Å². The Kier molecular flexibility index (Phi) is 5.41. The molecule has 170 valence electrons. The van der Waals surface area contributed by atoms with Gasteiger partial charge in [0.1, 0.15) is 6.33 Å². The minimum atomic E-state index is -3.67. The van der Waals surface area contributed by atoms with Crippen molar-refractivity contribution in [3.05, 3.63) is 41.5 Å². The number of hydrogen-bond acceptors (Lipinski definition) is 6. The second-order valence-corrected chi connectivity index (χ2v) is 11.0. The van der Waals surface area contributed by atoms with Gasteiger partial charge in [0, 0.05) is 41.7 Å². The van der Waals surface area contributed by atoms with E-state index in [1.54, 1.807) is 6.33 Å². The molecule has 0 amide bonds. The molecule has 5 rings (SSSR count). The molecular formula is C23H30N6O2S. The van der Waals surface area contributed by atoms with Gasteiger partial charge in [-0.1, -0.05) is 13.8 Å². The van der Waals surface area contributed by atoms with Crippen molar-refractivity contribution in [3.8, 4) is 0 Å². The second-order valence-electron chi connectivity index (χ2n) is 9.26. The highest BCUT2D eigenvalue weighted by atomic mass is 32.2. The van der Waals surface area contributed by atoms with Gasteiger partial charge in [0.25, 0.3) is 0 Å². The van der Waals surface area contributed by atoms with Gasteiger partial charge in [-0.05, 0) is 61.8 Å². The average Bonchev–Trinajstić information content (AvgIpc) is 3.38. The van der Waals surface area contributed by atoms with Crippen LogP contribution in [0.25, 0.3) is 10.8 Å². The number of pyridine rings is 1. The van der Waals surface area contributed by atoms with Gasteiger partial charge < -0.3 is 5.32 Å². The zero-order chi connectivity index (χ0) is 22.5. The summed E-state index contributed by atoms with van der Waals surface area (Å²) in [6, 6.07) is 3.87. The molecule has 0 radical (unpaired) electrons. The molecule has 0 bridgehead atoms. The average molecular weight is 455 g/mol. The van der Waals surface area contributed by atoms with Crippen LogP contribution < -0.4 is 10.0 Å². The van der Waals surface area contributed by atoms with Crippen LogP contribution in [-0.4, -0.2) is 41.3 Å². The smallest absolute Gasteiger partial charge is 0.241 e. The monoisotopic (exact) mass is 454 g/mol. The highest BCUT2D eigenvalue weighted by molar-refractivity contribution is 7.89. The summed E-state index contributed by atoms with van der Waals surface area (Å²) >= 11 is 0. The Bertz CT molecular complexity index is 1260. The van der Waals surface area contributed by atoms with Crippen molar-refractivity contribution >= 4 is 26.7 Å². The standard InChI is InChI=1S/C23H30N6O2S/c1-4-24-23-28-26-13-29(23)21-8-7-16-17(21)10-22(32(30,31)27-11-14(2)3)18-9-20(15-5-6-15)25-12-19(16)18/h9-10,12-15,21,27H,4-8,11H2,1-3H3,(H,24,28)/t21-/m1/s1. The minimum Gasteiger partial charge on any atom is -0.355 e. The molecule has 3 aromatic rings. The van der Waals surface area contributed by atoms with Gasteiger partial charge in [-0.25, -0.2) is 13.1 Å². The third kappa shape index (κ3) is 3.77. The lowest BCUT2D eigenvalue weighted by Gasteiger charge is -2.19. The van der Waals surface area contributed by atoms with E-state index >= 15 is 0 Å². The third-order valence-electron chi connectivity index (χ3n) is 6.39. The lowest BCUT2D eigenvalue weighted by atomic mass is 10.00. The van der Waals surface area contributed by atoms with Crippen LogP contribution in [0.2, 0.25) is 0 Å². The number of hydrogen-bond donors (Lipinski definition) is 2. The SMILES string of the molecule is CCNc1nncn1[C@@H]1CCc2c1cc(S(=O)(=O)NCC(C)C)c1cc(C3CC3)ncc21. The number of sulfonamides is 1. The topological polar surface area (TPSA) is 102 Å². The van der Waals surface area contributed by atoms with Crippen LogP contribution in [0.1, 0.15) is 68.8 Å². The van der Waals surface area contributed by atoms with Crippen LogP contribution in [0.4, 0.5) is 5.95 Å². The summed E-state index contributed by atoms with van der Waals surface area (Å²) in [6.45, 7) is 7.17. The van der Waals surface area contributed by atoms with Gasteiger partial charge in [0.15, 0.2) is 0 Å². The normalized spacial score (nSPS) is 18.4. The molecule has 32 heavy (non-hydrogen) atoms. The van der Waals surface area contributed by atoms with E-state index in [-0.39, 0.29) is 12.0 Å². The van der Waals surface area contributed by atoms with Crippen LogP contribution >= 0.6 is 0 Å². The first kappa shape index (κ1) is 21.3. The van der Waals surface area contributed by atoms with Crippen LogP contribution in [0.5, 0.6) is 0 Å². The molecule has 2 aliphatic carbocycles. The molecule has 0 aliphatic heterocycles. The fourth-order valence-electron chi connectivity index (χ4n) is 4.61. The largest absolute Gasteiger partial charge is 0.355 e. The first-order valence-electron chi connectivity index (χ1n) is 11.5. The van der Waals surface area contributed by atoms with E-state index in [1.807, 2.05) is 43.7 Å². The number of nitrogens with one attached hydrogen (secondary N) is 2. The number of aromatic nitrogens is 4. The highest BCUT2D eigenvalue weighted by Crippen LogP contribution is 2.44. The van der Waals surface area contributed by atoms with Crippen molar-refractivity contribution in [2.24, 2.45) is 5.92 Å². The molecule has 9 heteroatoms. The summed E-state index contributed by atoms with van der Waals surface area (Å²) in [5.74, 6) is 1.39. The maximum absolute atomic E-state index is 13.4. The second kappa shape index (κ2) is 8.12. The molecule has 1 atom stereocenters. The van der Waals surface area contributed by atoms with Gasteiger partial charge in [0.05, 0.1) is 10.9 Å². The molecule has 1 aromatic carbocycles. The maximum atomic E-state index is 13.4. The van der Waals surface area contributed by atoms with Crippen LogP contribution in [0, 0.1) is 5.92 Å². The number of aryl methyl sites for hydroxylation is 1. The van der Waals surface area contributed by atoms with Crippen molar-refractivity contribution in [2.75, 3.05) is 18.4 Å². The number of rotatable bonds is 8. The van der Waals surface area contributed by atoms with Crippen LogP contribution in [0.15, 0.2) is 29.6 Å². The van der Waals surface area contributed by atoms with E-state index in [9.17, 15) is 8.42 Å². The molecule has 1 fully saturated rings.